The molecule has 3 heterocycles. The van der Waals surface area contributed by atoms with Gasteiger partial charge in [0.1, 0.15) is 5.82 Å². The lowest BCUT2D eigenvalue weighted by atomic mass is 9.85. The fraction of sp³-hybridized carbons (Fsp3) is 0.520. The number of pyridine rings is 1. The van der Waals surface area contributed by atoms with Crippen LogP contribution >= 0.6 is 0 Å². The van der Waals surface area contributed by atoms with Crippen LogP contribution in [0, 0.1) is 25.6 Å². The molecule has 0 N–H and O–H groups in total. The number of aromatic nitrogens is 1. The molecule has 1 aromatic heterocycles. The van der Waals surface area contributed by atoms with Crippen molar-refractivity contribution in [2.75, 3.05) is 11.4 Å². The normalized spacial score (nSPS) is 22.5. The van der Waals surface area contributed by atoms with E-state index in [1.165, 1.54) is 0 Å². The molecule has 1 saturated carbocycles. The molecule has 1 aliphatic carbocycles. The van der Waals surface area contributed by atoms with E-state index in [1.54, 1.807) is 17.7 Å². The Labute approximate surface area is 182 Å². The van der Waals surface area contributed by atoms with Crippen LogP contribution in [0.15, 0.2) is 23.0 Å². The lowest BCUT2D eigenvalue weighted by molar-refractivity contribution is -0.133. The van der Waals surface area contributed by atoms with Crippen LogP contribution in [0.3, 0.4) is 0 Å². The largest absolute Gasteiger partial charge is 0.368 e. The van der Waals surface area contributed by atoms with E-state index < -0.39 is 0 Å². The topological polar surface area (TPSA) is 45.6 Å². The first kappa shape index (κ1) is 20.3. The minimum absolute atomic E-state index is 0.0220. The van der Waals surface area contributed by atoms with E-state index in [1.807, 2.05) is 30.9 Å². The average molecular weight is 424 g/mol. The maximum absolute atomic E-state index is 14.4. The highest BCUT2D eigenvalue weighted by Gasteiger charge is 2.39. The Morgan fingerprint density at radius 1 is 1.16 bits per heavy atom. The average Bonchev–Trinajstić information content (AvgIpc) is 3.49. The number of halogens is 1. The van der Waals surface area contributed by atoms with Gasteiger partial charge in [-0.3, -0.25) is 9.59 Å². The Morgan fingerprint density at radius 3 is 2.55 bits per heavy atom. The molecule has 1 amide bonds. The zero-order valence-electron chi connectivity index (χ0n) is 18.7. The Kier molecular flexibility index (Phi) is 4.72. The highest BCUT2D eigenvalue weighted by Crippen LogP contribution is 2.43. The number of anilines is 1. The van der Waals surface area contributed by atoms with E-state index in [9.17, 15) is 14.0 Å². The third-order valence-corrected chi connectivity index (χ3v) is 7.81. The summed E-state index contributed by atoms with van der Waals surface area (Å²) in [5.74, 6) is 0.698. The van der Waals surface area contributed by atoms with Crippen LogP contribution in [0.4, 0.5) is 10.1 Å². The van der Waals surface area contributed by atoms with Crippen molar-refractivity contribution in [3.8, 4) is 0 Å². The van der Waals surface area contributed by atoms with Crippen molar-refractivity contribution >= 4 is 11.6 Å². The number of benzene rings is 1. The molecule has 0 spiro atoms. The molecule has 2 aromatic rings. The smallest absolute Gasteiger partial charge is 0.253 e. The molecule has 0 bridgehead atoms. The molecule has 0 radical (unpaired) electrons. The van der Waals surface area contributed by atoms with Crippen LogP contribution in [-0.2, 0) is 24.9 Å². The van der Waals surface area contributed by atoms with Gasteiger partial charge in [-0.15, -0.1) is 0 Å². The molecular weight excluding hydrogens is 393 g/mol. The Bertz CT molecular complexity index is 1130. The van der Waals surface area contributed by atoms with Gasteiger partial charge in [0.15, 0.2) is 0 Å². The molecule has 5 nitrogen and oxygen atoms in total. The van der Waals surface area contributed by atoms with Crippen molar-refractivity contribution in [1.82, 2.24) is 9.47 Å². The summed E-state index contributed by atoms with van der Waals surface area (Å²) < 4.78 is 16.1. The molecule has 2 atom stereocenters. The van der Waals surface area contributed by atoms with Crippen LogP contribution in [0.25, 0.3) is 0 Å². The van der Waals surface area contributed by atoms with Crippen molar-refractivity contribution in [2.45, 2.75) is 65.1 Å². The number of rotatable bonds is 4. The molecular formula is C25H30FN3O2. The molecule has 1 aromatic carbocycles. The third-order valence-electron chi connectivity index (χ3n) is 7.81. The summed E-state index contributed by atoms with van der Waals surface area (Å²) in [4.78, 5) is 29.5. The molecule has 2 aliphatic heterocycles. The van der Waals surface area contributed by atoms with Crippen LogP contribution in [-0.4, -0.2) is 28.0 Å². The standard InChI is InChI=1S/C25H30FN3O2/c1-14-15(2)25(31)27(4)23-13-28(12-21(14)23)24(30)9-18-11-29(16(18)3)19-7-8-20(17-5-6-17)22(26)10-19/h7-8,10,16-18H,5-6,9,11-13H2,1-4H3. The van der Waals surface area contributed by atoms with E-state index in [2.05, 4.69) is 11.8 Å². The number of hydrogen-bond donors (Lipinski definition) is 0. The molecule has 6 heteroatoms. The lowest BCUT2D eigenvalue weighted by Gasteiger charge is -2.48. The van der Waals surface area contributed by atoms with Gasteiger partial charge in [-0.2, -0.15) is 0 Å². The van der Waals surface area contributed by atoms with E-state index >= 15 is 0 Å². The number of fused-ring (bicyclic) bond motifs is 1. The summed E-state index contributed by atoms with van der Waals surface area (Å²) >= 11 is 0. The van der Waals surface area contributed by atoms with Crippen molar-refractivity contribution in [2.24, 2.45) is 13.0 Å². The molecule has 2 fully saturated rings. The van der Waals surface area contributed by atoms with Gasteiger partial charge in [0, 0.05) is 55.5 Å². The minimum atomic E-state index is -0.0992. The second-order valence-corrected chi connectivity index (χ2v) is 9.63. The fourth-order valence-electron chi connectivity index (χ4n) is 5.23. The summed E-state index contributed by atoms with van der Waals surface area (Å²) in [5.41, 5.74) is 5.61. The lowest BCUT2D eigenvalue weighted by Crippen LogP contribution is -2.56. The van der Waals surface area contributed by atoms with Gasteiger partial charge in [-0.25, -0.2) is 4.39 Å². The number of hydrogen-bond acceptors (Lipinski definition) is 3. The summed E-state index contributed by atoms with van der Waals surface area (Å²) in [6.07, 6.45) is 2.67. The second kappa shape index (κ2) is 7.21. The Morgan fingerprint density at radius 2 is 1.90 bits per heavy atom. The summed E-state index contributed by atoms with van der Waals surface area (Å²) in [5, 5.41) is 0. The highest BCUT2D eigenvalue weighted by atomic mass is 19.1. The number of carbonyl (C=O) groups is 1. The first-order chi connectivity index (χ1) is 14.8. The first-order valence-corrected chi connectivity index (χ1v) is 11.3. The van der Waals surface area contributed by atoms with Gasteiger partial charge < -0.3 is 14.4 Å². The van der Waals surface area contributed by atoms with Gasteiger partial charge in [0.05, 0.1) is 6.54 Å². The quantitative estimate of drug-likeness (QED) is 0.752. The summed E-state index contributed by atoms with van der Waals surface area (Å²) in [7, 11) is 1.79. The number of carbonyl (C=O) groups excluding carboxylic acids is 1. The number of amides is 1. The van der Waals surface area contributed by atoms with Crippen LogP contribution in [0.5, 0.6) is 0 Å². The Hall–Kier alpha value is -2.63. The minimum Gasteiger partial charge on any atom is -0.368 e. The molecule has 5 rings (SSSR count). The summed E-state index contributed by atoms with van der Waals surface area (Å²) in [6, 6.07) is 5.82. The molecule has 164 valence electrons. The zero-order chi connectivity index (χ0) is 22.0. The highest BCUT2D eigenvalue weighted by molar-refractivity contribution is 5.78. The van der Waals surface area contributed by atoms with E-state index in [0.29, 0.717) is 25.4 Å². The number of nitrogens with zero attached hydrogens (tertiary/aromatic N) is 3. The van der Waals surface area contributed by atoms with E-state index in [4.69, 9.17) is 0 Å². The predicted octanol–water partition coefficient (Wildman–Crippen LogP) is 3.78. The zero-order valence-corrected chi connectivity index (χ0v) is 18.7. The second-order valence-electron chi connectivity index (χ2n) is 9.63. The maximum atomic E-state index is 14.4. The van der Waals surface area contributed by atoms with Crippen LogP contribution < -0.4 is 10.5 Å². The van der Waals surface area contributed by atoms with Gasteiger partial charge in [0.2, 0.25) is 5.91 Å². The van der Waals surface area contributed by atoms with Crippen LogP contribution in [0.1, 0.15) is 60.1 Å². The van der Waals surface area contributed by atoms with Gasteiger partial charge >= 0.3 is 0 Å². The SMILES string of the molecule is Cc1c2c(n(C)c(=O)c1C)CN(C(=O)CC1CN(c3ccc(C4CC4)c(F)c3)C1C)C2. The van der Waals surface area contributed by atoms with Crippen LogP contribution in [0.2, 0.25) is 0 Å². The van der Waals surface area contributed by atoms with Gasteiger partial charge in [0.25, 0.3) is 5.56 Å². The van der Waals surface area contributed by atoms with Crippen molar-refractivity contribution in [3.63, 3.8) is 0 Å². The molecule has 1 saturated heterocycles. The van der Waals surface area contributed by atoms with Crippen molar-refractivity contribution < 1.29 is 9.18 Å². The fourth-order valence-corrected chi connectivity index (χ4v) is 5.23. The predicted molar refractivity (Wildman–Crippen MR) is 119 cm³/mol. The van der Waals surface area contributed by atoms with Crippen molar-refractivity contribution in [1.29, 1.82) is 0 Å². The third kappa shape index (κ3) is 3.27. The van der Waals surface area contributed by atoms with Crippen molar-refractivity contribution in [3.05, 3.63) is 62.3 Å². The monoisotopic (exact) mass is 423 g/mol. The molecule has 31 heavy (non-hydrogen) atoms. The first-order valence-electron chi connectivity index (χ1n) is 11.3. The maximum Gasteiger partial charge on any atom is 0.253 e. The van der Waals surface area contributed by atoms with Gasteiger partial charge in [-0.05, 0) is 68.4 Å². The Balaban J connectivity index is 1.23. The molecule has 3 aliphatic rings. The summed E-state index contributed by atoms with van der Waals surface area (Å²) in [6.45, 7) is 7.79. The van der Waals surface area contributed by atoms with E-state index in [-0.39, 0.29) is 29.2 Å². The molecule has 2 unspecified atom stereocenters. The van der Waals surface area contributed by atoms with E-state index in [0.717, 1.165) is 53.0 Å². The van der Waals surface area contributed by atoms with Gasteiger partial charge in [-0.1, -0.05) is 6.07 Å².